The molecule has 1 fully saturated rings. The molecule has 0 aromatic heterocycles. The Morgan fingerprint density at radius 2 is 2.40 bits per heavy atom. The minimum Gasteiger partial charge on any atom is -0.340 e. The molecule has 1 rings (SSSR count). The first kappa shape index (κ1) is 12.0. The number of rotatable bonds is 2. The molecule has 15 heavy (non-hydrogen) atoms. The highest BCUT2D eigenvalue weighted by Gasteiger charge is 2.30. The van der Waals surface area contributed by atoms with Gasteiger partial charge in [-0.15, -0.1) is 0 Å². The number of nitriles is 1. The fourth-order valence-corrected chi connectivity index (χ4v) is 1.99. The lowest BCUT2D eigenvalue weighted by atomic mass is 9.93. The van der Waals surface area contributed by atoms with Crippen molar-refractivity contribution in [1.29, 1.82) is 5.26 Å². The zero-order valence-electron chi connectivity index (χ0n) is 9.31. The van der Waals surface area contributed by atoms with Crippen LogP contribution in [0, 0.1) is 17.2 Å². The van der Waals surface area contributed by atoms with Crippen molar-refractivity contribution in [2.45, 2.75) is 25.8 Å². The SMILES string of the molecule is C[C@@H]1CCN(C(=O)CC#N)C[C@@H]1N(C)N. The van der Waals surface area contributed by atoms with Gasteiger partial charge in [0.1, 0.15) is 6.42 Å². The van der Waals surface area contributed by atoms with E-state index in [9.17, 15) is 4.79 Å². The molecule has 1 aliphatic heterocycles. The van der Waals surface area contributed by atoms with Crippen molar-refractivity contribution in [2.75, 3.05) is 20.1 Å². The Morgan fingerprint density at radius 1 is 1.73 bits per heavy atom. The number of nitrogens with zero attached hydrogens (tertiary/aromatic N) is 3. The van der Waals surface area contributed by atoms with Crippen molar-refractivity contribution in [3.8, 4) is 6.07 Å². The average molecular weight is 210 g/mol. The minimum atomic E-state index is -0.0868. The summed E-state index contributed by atoms with van der Waals surface area (Å²) >= 11 is 0. The van der Waals surface area contributed by atoms with E-state index in [1.54, 1.807) is 9.91 Å². The Labute approximate surface area is 90.4 Å². The zero-order valence-corrected chi connectivity index (χ0v) is 9.31. The van der Waals surface area contributed by atoms with Crippen molar-refractivity contribution < 1.29 is 4.79 Å². The van der Waals surface area contributed by atoms with Gasteiger partial charge in [0.15, 0.2) is 0 Å². The van der Waals surface area contributed by atoms with Crippen LogP contribution in [-0.2, 0) is 4.79 Å². The summed E-state index contributed by atoms with van der Waals surface area (Å²) < 4.78 is 0. The van der Waals surface area contributed by atoms with Crippen LogP contribution in [0.5, 0.6) is 0 Å². The van der Waals surface area contributed by atoms with Gasteiger partial charge in [-0.3, -0.25) is 10.6 Å². The van der Waals surface area contributed by atoms with E-state index >= 15 is 0 Å². The number of hydrogen-bond donors (Lipinski definition) is 1. The third-order valence-electron chi connectivity index (χ3n) is 3.02. The molecule has 0 unspecified atom stereocenters. The number of carbonyl (C=O) groups is 1. The molecule has 84 valence electrons. The van der Waals surface area contributed by atoms with E-state index in [0.717, 1.165) is 13.0 Å². The highest BCUT2D eigenvalue weighted by molar-refractivity contribution is 5.78. The lowest BCUT2D eigenvalue weighted by Crippen LogP contribution is -2.54. The standard InChI is InChI=1S/C10H18N4O/c1-8-4-6-14(10(15)3-5-11)7-9(8)13(2)12/h8-9H,3-4,6-7,12H2,1-2H3/t8-,9+/m1/s1. The van der Waals surface area contributed by atoms with Crippen LogP contribution in [0.4, 0.5) is 0 Å². The highest BCUT2D eigenvalue weighted by atomic mass is 16.2. The summed E-state index contributed by atoms with van der Waals surface area (Å²) in [6.07, 6.45) is 0.915. The molecule has 0 spiro atoms. The van der Waals surface area contributed by atoms with Gasteiger partial charge in [0.25, 0.3) is 0 Å². The van der Waals surface area contributed by atoms with Gasteiger partial charge < -0.3 is 4.90 Å². The van der Waals surface area contributed by atoms with Crippen LogP contribution in [0.1, 0.15) is 19.8 Å². The summed E-state index contributed by atoms with van der Waals surface area (Å²) in [7, 11) is 1.82. The first-order valence-electron chi connectivity index (χ1n) is 5.18. The van der Waals surface area contributed by atoms with Crippen LogP contribution < -0.4 is 5.84 Å². The Bertz CT molecular complexity index is 271. The molecule has 5 nitrogen and oxygen atoms in total. The van der Waals surface area contributed by atoms with Crippen molar-refractivity contribution in [1.82, 2.24) is 9.91 Å². The van der Waals surface area contributed by atoms with E-state index in [4.69, 9.17) is 11.1 Å². The largest absolute Gasteiger partial charge is 0.340 e. The van der Waals surface area contributed by atoms with Crippen molar-refractivity contribution in [3.05, 3.63) is 0 Å². The summed E-state index contributed by atoms with van der Waals surface area (Å²) in [5.41, 5.74) is 0. The molecule has 5 heteroatoms. The molecule has 1 amide bonds. The van der Waals surface area contributed by atoms with Gasteiger partial charge in [-0.05, 0) is 12.3 Å². The van der Waals surface area contributed by atoms with Gasteiger partial charge in [-0.2, -0.15) is 5.26 Å². The van der Waals surface area contributed by atoms with Gasteiger partial charge in [0.05, 0.1) is 6.07 Å². The van der Waals surface area contributed by atoms with E-state index in [2.05, 4.69) is 6.92 Å². The number of piperidine rings is 1. The smallest absolute Gasteiger partial charge is 0.236 e. The number of hydrazine groups is 1. The molecule has 0 aliphatic carbocycles. The molecule has 0 saturated carbocycles. The Balaban J connectivity index is 2.58. The second-order valence-corrected chi connectivity index (χ2v) is 4.17. The topological polar surface area (TPSA) is 73.4 Å². The lowest BCUT2D eigenvalue weighted by Gasteiger charge is -2.39. The maximum atomic E-state index is 11.5. The fourth-order valence-electron chi connectivity index (χ4n) is 1.99. The molecule has 1 heterocycles. The van der Waals surface area contributed by atoms with E-state index in [1.807, 2.05) is 13.1 Å². The van der Waals surface area contributed by atoms with Crippen LogP contribution >= 0.6 is 0 Å². The first-order valence-corrected chi connectivity index (χ1v) is 5.18. The highest BCUT2D eigenvalue weighted by Crippen LogP contribution is 2.20. The second kappa shape index (κ2) is 5.10. The van der Waals surface area contributed by atoms with Gasteiger partial charge in [0.2, 0.25) is 5.91 Å². The lowest BCUT2D eigenvalue weighted by molar-refractivity contribution is -0.133. The molecule has 0 radical (unpaired) electrons. The Kier molecular flexibility index (Phi) is 4.06. The number of carbonyl (C=O) groups excluding carboxylic acids is 1. The van der Waals surface area contributed by atoms with E-state index in [0.29, 0.717) is 12.5 Å². The van der Waals surface area contributed by atoms with E-state index in [1.165, 1.54) is 0 Å². The summed E-state index contributed by atoms with van der Waals surface area (Å²) in [6, 6.07) is 2.08. The quantitative estimate of drug-likeness (QED) is 0.512. The van der Waals surface area contributed by atoms with Crippen molar-refractivity contribution >= 4 is 5.91 Å². The Morgan fingerprint density at radius 3 is 2.93 bits per heavy atom. The molecule has 2 atom stereocenters. The van der Waals surface area contributed by atoms with Gasteiger partial charge in [-0.1, -0.05) is 6.92 Å². The van der Waals surface area contributed by atoms with Gasteiger partial charge in [-0.25, -0.2) is 5.01 Å². The average Bonchev–Trinajstić information content (AvgIpc) is 2.18. The number of likely N-dealkylation sites (tertiary alicyclic amines) is 1. The monoisotopic (exact) mass is 210 g/mol. The number of nitrogens with two attached hydrogens (primary N) is 1. The van der Waals surface area contributed by atoms with Crippen LogP contribution in [0.3, 0.4) is 0 Å². The van der Waals surface area contributed by atoms with Gasteiger partial charge >= 0.3 is 0 Å². The predicted octanol–water partition coefficient (Wildman–Crippen LogP) is -0.0574. The van der Waals surface area contributed by atoms with E-state index in [-0.39, 0.29) is 18.4 Å². The molecule has 1 aliphatic rings. The molecule has 0 aromatic rings. The van der Waals surface area contributed by atoms with Crippen LogP contribution in [0.15, 0.2) is 0 Å². The molecular formula is C10H18N4O. The summed E-state index contributed by atoms with van der Waals surface area (Å²) in [5, 5.41) is 10.1. The third-order valence-corrected chi connectivity index (χ3v) is 3.02. The Hall–Kier alpha value is -1.12. The number of likely N-dealkylation sites (N-methyl/N-ethyl adjacent to an activating group) is 1. The molecule has 2 N–H and O–H groups in total. The second-order valence-electron chi connectivity index (χ2n) is 4.17. The van der Waals surface area contributed by atoms with Crippen LogP contribution in [0.2, 0.25) is 0 Å². The van der Waals surface area contributed by atoms with Crippen LogP contribution in [-0.4, -0.2) is 42.0 Å². The minimum absolute atomic E-state index is 0.0324. The summed E-state index contributed by atoms with van der Waals surface area (Å²) in [6.45, 7) is 3.51. The maximum Gasteiger partial charge on any atom is 0.236 e. The fraction of sp³-hybridized carbons (Fsp3) is 0.800. The molecular weight excluding hydrogens is 192 g/mol. The summed E-state index contributed by atoms with van der Waals surface area (Å²) in [4.78, 5) is 13.3. The molecule has 0 bridgehead atoms. The zero-order chi connectivity index (χ0) is 11.4. The summed E-state index contributed by atoms with van der Waals surface area (Å²) in [5.74, 6) is 6.13. The maximum absolute atomic E-state index is 11.5. The van der Waals surface area contributed by atoms with E-state index < -0.39 is 0 Å². The molecule has 0 aromatic carbocycles. The first-order chi connectivity index (χ1) is 7.06. The third kappa shape index (κ3) is 2.91. The van der Waals surface area contributed by atoms with Gasteiger partial charge in [0, 0.05) is 26.2 Å². The van der Waals surface area contributed by atoms with Crippen molar-refractivity contribution in [2.24, 2.45) is 11.8 Å². The van der Waals surface area contributed by atoms with Crippen LogP contribution in [0.25, 0.3) is 0 Å². The normalized spacial score (nSPS) is 26.5. The number of hydrogen-bond acceptors (Lipinski definition) is 4. The predicted molar refractivity (Wildman–Crippen MR) is 56.3 cm³/mol. The molecule has 1 saturated heterocycles. The number of amides is 1. The van der Waals surface area contributed by atoms with Crippen molar-refractivity contribution in [3.63, 3.8) is 0 Å².